The Kier molecular flexibility index (Phi) is 3.61. The first-order chi connectivity index (χ1) is 7.31. The largest absolute Gasteiger partial charge is 0.389 e. The van der Waals surface area contributed by atoms with Crippen molar-refractivity contribution >= 4 is 23.1 Å². The lowest BCUT2D eigenvalue weighted by Crippen LogP contribution is -2.29. The van der Waals surface area contributed by atoms with Crippen LogP contribution in [-0.2, 0) is 0 Å². The minimum absolute atomic E-state index is 0.00729. The molecule has 0 atom stereocenters. The van der Waals surface area contributed by atoms with Crippen LogP contribution >= 0.6 is 11.6 Å². The summed E-state index contributed by atoms with van der Waals surface area (Å²) >= 11 is 5.58. The van der Waals surface area contributed by atoms with Gasteiger partial charge < -0.3 is 10.4 Å². The molecule has 0 saturated carbocycles. The SMILES string of the molecule is CC(C)(O)CNc1ncnc(Cl)c1[N+](=O)[O-]. The van der Waals surface area contributed by atoms with E-state index >= 15 is 0 Å². The van der Waals surface area contributed by atoms with E-state index in [1.54, 1.807) is 13.8 Å². The van der Waals surface area contributed by atoms with Crippen molar-refractivity contribution in [3.8, 4) is 0 Å². The number of aliphatic hydroxyl groups is 1. The topological polar surface area (TPSA) is 101 Å². The average molecular weight is 247 g/mol. The zero-order valence-corrected chi connectivity index (χ0v) is 9.52. The highest BCUT2D eigenvalue weighted by molar-refractivity contribution is 6.31. The van der Waals surface area contributed by atoms with E-state index in [2.05, 4.69) is 15.3 Å². The van der Waals surface area contributed by atoms with Crippen molar-refractivity contribution in [2.75, 3.05) is 11.9 Å². The van der Waals surface area contributed by atoms with Crippen LogP contribution in [0.4, 0.5) is 11.5 Å². The number of hydrogen-bond donors (Lipinski definition) is 2. The van der Waals surface area contributed by atoms with E-state index in [1.807, 2.05) is 0 Å². The smallest absolute Gasteiger partial charge is 0.348 e. The molecule has 0 aliphatic carbocycles. The van der Waals surface area contributed by atoms with Gasteiger partial charge in [-0.05, 0) is 13.8 Å². The molecule has 2 N–H and O–H groups in total. The molecule has 0 aliphatic heterocycles. The predicted octanol–water partition coefficient (Wildman–Crippen LogP) is 1.22. The van der Waals surface area contributed by atoms with Gasteiger partial charge in [-0.3, -0.25) is 10.1 Å². The van der Waals surface area contributed by atoms with Crippen molar-refractivity contribution < 1.29 is 10.0 Å². The van der Waals surface area contributed by atoms with Crippen molar-refractivity contribution in [2.45, 2.75) is 19.4 Å². The average Bonchev–Trinajstić information content (AvgIpc) is 2.12. The molecule has 0 amide bonds. The van der Waals surface area contributed by atoms with E-state index in [4.69, 9.17) is 11.6 Å². The van der Waals surface area contributed by atoms with Crippen molar-refractivity contribution in [3.63, 3.8) is 0 Å². The number of nitrogens with zero attached hydrogens (tertiary/aromatic N) is 3. The fourth-order valence-corrected chi connectivity index (χ4v) is 1.15. The molecule has 7 nitrogen and oxygen atoms in total. The van der Waals surface area contributed by atoms with Crippen LogP contribution in [0, 0.1) is 10.1 Å². The Morgan fingerprint density at radius 2 is 2.25 bits per heavy atom. The van der Waals surface area contributed by atoms with E-state index in [9.17, 15) is 15.2 Å². The highest BCUT2D eigenvalue weighted by Crippen LogP contribution is 2.28. The highest BCUT2D eigenvalue weighted by Gasteiger charge is 2.23. The fraction of sp³-hybridized carbons (Fsp3) is 0.500. The summed E-state index contributed by atoms with van der Waals surface area (Å²) in [4.78, 5) is 17.3. The van der Waals surface area contributed by atoms with Crippen LogP contribution in [0.25, 0.3) is 0 Å². The summed E-state index contributed by atoms with van der Waals surface area (Å²) in [7, 11) is 0. The number of aromatic nitrogens is 2. The van der Waals surface area contributed by atoms with Crippen molar-refractivity contribution in [3.05, 3.63) is 21.6 Å². The number of halogens is 1. The van der Waals surface area contributed by atoms with Crippen LogP contribution in [0.3, 0.4) is 0 Å². The second-order valence-corrected chi connectivity index (χ2v) is 4.14. The molecule has 1 rings (SSSR count). The zero-order valence-electron chi connectivity index (χ0n) is 8.77. The third-order valence-corrected chi connectivity index (χ3v) is 1.93. The Labute approximate surface area is 96.6 Å². The van der Waals surface area contributed by atoms with Gasteiger partial charge in [0.2, 0.25) is 11.0 Å². The molecule has 0 unspecified atom stereocenters. The van der Waals surface area contributed by atoms with Gasteiger partial charge in [0.1, 0.15) is 6.33 Å². The van der Waals surface area contributed by atoms with Gasteiger partial charge in [0.05, 0.1) is 10.5 Å². The Balaban J connectivity index is 2.96. The Hall–Kier alpha value is -1.47. The van der Waals surface area contributed by atoms with E-state index < -0.39 is 16.2 Å². The minimum atomic E-state index is -1.01. The molecule has 1 aromatic heterocycles. The predicted molar refractivity (Wildman–Crippen MR) is 58.5 cm³/mol. The highest BCUT2D eigenvalue weighted by atomic mass is 35.5. The van der Waals surface area contributed by atoms with Gasteiger partial charge in [-0.1, -0.05) is 11.6 Å². The second-order valence-electron chi connectivity index (χ2n) is 3.78. The summed E-state index contributed by atoms with van der Waals surface area (Å²) < 4.78 is 0. The van der Waals surface area contributed by atoms with Gasteiger partial charge in [-0.15, -0.1) is 0 Å². The molecule has 1 aromatic rings. The van der Waals surface area contributed by atoms with Gasteiger partial charge >= 0.3 is 5.69 Å². The van der Waals surface area contributed by atoms with Gasteiger partial charge in [0, 0.05) is 6.54 Å². The fourth-order valence-electron chi connectivity index (χ4n) is 0.948. The number of rotatable bonds is 4. The maximum Gasteiger partial charge on any atom is 0.348 e. The van der Waals surface area contributed by atoms with E-state index in [-0.39, 0.29) is 17.5 Å². The molecule has 0 saturated heterocycles. The van der Waals surface area contributed by atoms with Crippen LogP contribution in [0.5, 0.6) is 0 Å². The van der Waals surface area contributed by atoms with Gasteiger partial charge in [0.15, 0.2) is 0 Å². The lowest BCUT2D eigenvalue weighted by molar-refractivity contribution is -0.384. The van der Waals surface area contributed by atoms with Crippen LogP contribution in [0.1, 0.15) is 13.8 Å². The lowest BCUT2D eigenvalue weighted by Gasteiger charge is -2.17. The Bertz CT molecular complexity index is 405. The van der Waals surface area contributed by atoms with E-state index in [1.165, 1.54) is 0 Å². The Morgan fingerprint density at radius 1 is 1.62 bits per heavy atom. The van der Waals surface area contributed by atoms with E-state index in [0.717, 1.165) is 6.33 Å². The third-order valence-electron chi connectivity index (χ3n) is 1.65. The molecule has 0 radical (unpaired) electrons. The summed E-state index contributed by atoms with van der Waals surface area (Å²) in [5, 5.41) is 22.6. The van der Waals surface area contributed by atoms with E-state index in [0.29, 0.717) is 0 Å². The van der Waals surface area contributed by atoms with Crippen LogP contribution in [0.2, 0.25) is 5.15 Å². The summed E-state index contributed by atoms with van der Waals surface area (Å²) in [5.74, 6) is -0.00729. The van der Waals surface area contributed by atoms with Gasteiger partial charge in [0.25, 0.3) is 0 Å². The first kappa shape index (κ1) is 12.6. The molecule has 88 valence electrons. The third kappa shape index (κ3) is 3.28. The summed E-state index contributed by atoms with van der Waals surface area (Å²) in [6.45, 7) is 3.24. The summed E-state index contributed by atoms with van der Waals surface area (Å²) in [5.41, 5.74) is -1.40. The normalized spacial score (nSPS) is 11.2. The van der Waals surface area contributed by atoms with Crippen molar-refractivity contribution in [2.24, 2.45) is 0 Å². The first-order valence-corrected chi connectivity index (χ1v) is 4.80. The molecule has 0 aliphatic rings. The second kappa shape index (κ2) is 4.58. The van der Waals surface area contributed by atoms with Crippen molar-refractivity contribution in [1.29, 1.82) is 0 Å². The molecule has 8 heteroatoms. The van der Waals surface area contributed by atoms with Crippen molar-refractivity contribution in [1.82, 2.24) is 9.97 Å². The first-order valence-electron chi connectivity index (χ1n) is 4.42. The minimum Gasteiger partial charge on any atom is -0.389 e. The molecule has 16 heavy (non-hydrogen) atoms. The number of nitro groups is 1. The quantitative estimate of drug-likeness (QED) is 0.471. The monoisotopic (exact) mass is 246 g/mol. The summed E-state index contributed by atoms with van der Waals surface area (Å²) in [6.07, 6.45) is 1.11. The van der Waals surface area contributed by atoms with Crippen LogP contribution in [-0.4, -0.2) is 32.1 Å². The molecular weight excluding hydrogens is 236 g/mol. The standard InChI is InChI=1S/C8H11ClN4O3/c1-8(2,14)3-10-7-5(13(15)16)6(9)11-4-12-7/h4,14H,3H2,1-2H3,(H,10,11,12). The zero-order chi connectivity index (χ0) is 12.3. The van der Waals surface area contributed by atoms with Crippen LogP contribution in [0.15, 0.2) is 6.33 Å². The molecule has 1 heterocycles. The number of nitrogens with one attached hydrogen (secondary N) is 1. The molecule has 0 aromatic carbocycles. The number of hydrogen-bond acceptors (Lipinski definition) is 6. The summed E-state index contributed by atoms with van der Waals surface area (Å²) in [6, 6.07) is 0. The lowest BCUT2D eigenvalue weighted by atomic mass is 10.1. The molecular formula is C8H11ClN4O3. The Morgan fingerprint density at radius 3 is 2.75 bits per heavy atom. The molecule has 0 spiro atoms. The van der Waals surface area contributed by atoms with Gasteiger partial charge in [-0.2, -0.15) is 0 Å². The molecule has 0 fully saturated rings. The maximum atomic E-state index is 10.7. The molecule has 0 bridgehead atoms. The van der Waals surface area contributed by atoms with Gasteiger partial charge in [-0.25, -0.2) is 9.97 Å². The maximum absolute atomic E-state index is 10.7. The number of anilines is 1. The van der Waals surface area contributed by atoms with Crippen LogP contribution < -0.4 is 5.32 Å².